The van der Waals surface area contributed by atoms with E-state index in [4.69, 9.17) is 9.47 Å². The molecule has 1 spiro atoms. The van der Waals surface area contributed by atoms with Crippen LogP contribution in [0.2, 0.25) is 0 Å². The van der Waals surface area contributed by atoms with Crippen LogP contribution < -0.4 is 5.32 Å². The fourth-order valence-electron chi connectivity index (χ4n) is 3.98. The van der Waals surface area contributed by atoms with Crippen LogP contribution in [0.15, 0.2) is 28.7 Å². The number of nitrogens with one attached hydrogen (secondary N) is 1. The highest BCUT2D eigenvalue weighted by Crippen LogP contribution is 2.45. The minimum atomic E-state index is -0.452. The first-order valence-electron chi connectivity index (χ1n) is 8.29. The summed E-state index contributed by atoms with van der Waals surface area (Å²) in [4.78, 5) is 11.6. The Morgan fingerprint density at radius 3 is 2.57 bits per heavy atom. The zero-order valence-electron chi connectivity index (χ0n) is 13.6. The van der Waals surface area contributed by atoms with Crippen LogP contribution in [0.1, 0.15) is 44.1 Å². The third-order valence-corrected chi connectivity index (χ3v) is 5.78. The van der Waals surface area contributed by atoms with Gasteiger partial charge in [0.1, 0.15) is 12.2 Å². The third-order valence-electron chi connectivity index (χ3n) is 5.25. The molecule has 1 aliphatic heterocycles. The van der Waals surface area contributed by atoms with E-state index in [9.17, 15) is 4.79 Å². The second-order valence-electron chi connectivity index (χ2n) is 6.74. The van der Waals surface area contributed by atoms with E-state index >= 15 is 0 Å². The molecule has 0 radical (unpaired) electrons. The Morgan fingerprint density at radius 2 is 1.91 bits per heavy atom. The zero-order chi connectivity index (χ0) is 16.3. The van der Waals surface area contributed by atoms with Crippen LogP contribution in [0.25, 0.3) is 0 Å². The van der Waals surface area contributed by atoms with Gasteiger partial charge in [0.15, 0.2) is 0 Å². The van der Waals surface area contributed by atoms with Crippen molar-refractivity contribution in [1.29, 1.82) is 0 Å². The first-order valence-corrected chi connectivity index (χ1v) is 9.09. The van der Waals surface area contributed by atoms with Crippen LogP contribution in [0, 0.1) is 0 Å². The molecule has 1 aliphatic carbocycles. The van der Waals surface area contributed by atoms with Gasteiger partial charge in [-0.2, -0.15) is 0 Å². The standard InChI is InChI=1S/C18H24BrNO3/c1-22-16(21)11-23-18(14-5-7-15(19)8-6-14)12-17(20-13-18)9-3-2-4-10-17/h5-8,20H,2-4,9-13H2,1H3. The molecule has 5 heteroatoms. The smallest absolute Gasteiger partial charge is 0.331 e. The van der Waals surface area contributed by atoms with Gasteiger partial charge in [0.25, 0.3) is 0 Å². The quantitative estimate of drug-likeness (QED) is 0.810. The molecule has 1 saturated carbocycles. The first-order chi connectivity index (χ1) is 11.1. The van der Waals surface area contributed by atoms with E-state index in [1.807, 2.05) is 12.1 Å². The van der Waals surface area contributed by atoms with Crippen molar-refractivity contribution >= 4 is 21.9 Å². The van der Waals surface area contributed by atoms with E-state index in [-0.39, 0.29) is 18.1 Å². The Hall–Kier alpha value is -0.910. The van der Waals surface area contributed by atoms with Crippen molar-refractivity contribution in [3.63, 3.8) is 0 Å². The number of halogens is 1. The van der Waals surface area contributed by atoms with Crippen LogP contribution in [0.4, 0.5) is 0 Å². The van der Waals surface area contributed by atoms with Gasteiger partial charge in [-0.25, -0.2) is 4.79 Å². The van der Waals surface area contributed by atoms with Crippen molar-refractivity contribution in [2.24, 2.45) is 0 Å². The molecule has 1 saturated heterocycles. The maximum Gasteiger partial charge on any atom is 0.331 e. The summed E-state index contributed by atoms with van der Waals surface area (Å²) in [5, 5.41) is 3.73. The van der Waals surface area contributed by atoms with Crippen molar-refractivity contribution in [2.45, 2.75) is 49.7 Å². The van der Waals surface area contributed by atoms with Crippen molar-refractivity contribution in [3.8, 4) is 0 Å². The lowest BCUT2D eigenvalue weighted by Crippen LogP contribution is -2.41. The molecule has 0 bridgehead atoms. The summed E-state index contributed by atoms with van der Waals surface area (Å²) in [6.07, 6.45) is 7.14. The average Bonchev–Trinajstić information content (AvgIpc) is 2.93. The molecule has 0 aromatic heterocycles. The zero-order valence-corrected chi connectivity index (χ0v) is 15.2. The molecule has 2 aliphatic rings. The van der Waals surface area contributed by atoms with Gasteiger partial charge in [-0.15, -0.1) is 0 Å². The lowest BCUT2D eigenvalue weighted by Gasteiger charge is -2.36. The highest BCUT2D eigenvalue weighted by molar-refractivity contribution is 9.10. The fourth-order valence-corrected chi connectivity index (χ4v) is 4.25. The summed E-state index contributed by atoms with van der Waals surface area (Å²) in [5.74, 6) is -0.328. The Bertz CT molecular complexity index is 554. The molecule has 1 N–H and O–H groups in total. The number of rotatable bonds is 4. The maximum absolute atomic E-state index is 11.6. The van der Waals surface area contributed by atoms with E-state index in [1.165, 1.54) is 39.2 Å². The minimum Gasteiger partial charge on any atom is -0.467 e. The maximum atomic E-state index is 11.6. The highest BCUT2D eigenvalue weighted by Gasteiger charge is 2.50. The van der Waals surface area contributed by atoms with Gasteiger partial charge >= 0.3 is 5.97 Å². The SMILES string of the molecule is COC(=O)COC1(c2ccc(Br)cc2)CNC2(CCCCC2)C1. The van der Waals surface area contributed by atoms with Gasteiger partial charge in [0.05, 0.1) is 7.11 Å². The lowest BCUT2D eigenvalue weighted by atomic mass is 9.76. The van der Waals surface area contributed by atoms with E-state index < -0.39 is 5.60 Å². The molecule has 4 nitrogen and oxygen atoms in total. The fraction of sp³-hybridized carbons (Fsp3) is 0.611. The van der Waals surface area contributed by atoms with Gasteiger partial charge in [-0.05, 0) is 30.5 Å². The van der Waals surface area contributed by atoms with Crippen molar-refractivity contribution in [1.82, 2.24) is 5.32 Å². The van der Waals surface area contributed by atoms with Gasteiger partial charge in [0, 0.05) is 23.0 Å². The second kappa shape index (κ2) is 6.91. The number of esters is 1. The summed E-state index contributed by atoms with van der Waals surface area (Å²) in [6, 6.07) is 8.24. The number of methoxy groups -OCH3 is 1. The van der Waals surface area contributed by atoms with E-state index in [0.717, 1.165) is 23.0 Å². The Labute approximate surface area is 146 Å². The van der Waals surface area contributed by atoms with Gasteiger partial charge in [-0.1, -0.05) is 47.3 Å². The van der Waals surface area contributed by atoms with Crippen LogP contribution in [0.5, 0.6) is 0 Å². The van der Waals surface area contributed by atoms with Crippen LogP contribution in [0.3, 0.4) is 0 Å². The first kappa shape index (κ1) is 16.9. The van der Waals surface area contributed by atoms with E-state index in [0.29, 0.717) is 0 Å². The normalized spacial score (nSPS) is 26.3. The number of carbonyl (C=O) groups is 1. The average molecular weight is 382 g/mol. The Morgan fingerprint density at radius 1 is 1.22 bits per heavy atom. The molecule has 126 valence electrons. The number of hydrogen-bond acceptors (Lipinski definition) is 4. The summed E-state index contributed by atoms with van der Waals surface area (Å²) in [6.45, 7) is 0.732. The van der Waals surface area contributed by atoms with Crippen LogP contribution >= 0.6 is 15.9 Å². The third kappa shape index (κ3) is 3.62. The molecule has 1 aromatic carbocycles. The highest BCUT2D eigenvalue weighted by atomic mass is 79.9. The van der Waals surface area contributed by atoms with Crippen LogP contribution in [-0.4, -0.2) is 31.8 Å². The molecule has 1 atom stereocenters. The molecule has 0 amide bonds. The number of hydrogen-bond donors (Lipinski definition) is 1. The van der Waals surface area contributed by atoms with Crippen LogP contribution in [-0.2, 0) is 19.9 Å². The largest absolute Gasteiger partial charge is 0.467 e. The molecule has 1 aromatic rings. The number of benzene rings is 1. The Kier molecular flexibility index (Phi) is 5.09. The van der Waals surface area contributed by atoms with Gasteiger partial charge in [0.2, 0.25) is 0 Å². The molecular formula is C18H24BrNO3. The number of carbonyl (C=O) groups excluding carboxylic acids is 1. The van der Waals surface area contributed by atoms with Gasteiger partial charge in [-0.3, -0.25) is 0 Å². The van der Waals surface area contributed by atoms with Gasteiger partial charge < -0.3 is 14.8 Å². The summed E-state index contributed by atoms with van der Waals surface area (Å²) < 4.78 is 11.9. The predicted octanol–water partition coefficient (Wildman–Crippen LogP) is 3.53. The Balaban J connectivity index is 1.85. The van der Waals surface area contributed by atoms with E-state index in [1.54, 1.807) is 0 Å². The molecule has 2 fully saturated rings. The topological polar surface area (TPSA) is 47.6 Å². The summed E-state index contributed by atoms with van der Waals surface area (Å²) >= 11 is 3.48. The minimum absolute atomic E-state index is 0.00960. The van der Waals surface area contributed by atoms with Crippen molar-refractivity contribution in [3.05, 3.63) is 34.3 Å². The number of ether oxygens (including phenoxy) is 2. The van der Waals surface area contributed by atoms with Crippen molar-refractivity contribution < 1.29 is 14.3 Å². The summed E-state index contributed by atoms with van der Waals surface area (Å²) in [7, 11) is 1.40. The molecule has 23 heavy (non-hydrogen) atoms. The molecule has 1 unspecified atom stereocenters. The molecular weight excluding hydrogens is 358 g/mol. The van der Waals surface area contributed by atoms with E-state index in [2.05, 4.69) is 33.4 Å². The molecule has 1 heterocycles. The lowest BCUT2D eigenvalue weighted by molar-refractivity contribution is -0.153. The monoisotopic (exact) mass is 381 g/mol. The molecule has 3 rings (SSSR count). The summed E-state index contributed by atoms with van der Waals surface area (Å²) in [5.41, 5.74) is 0.827. The second-order valence-corrected chi connectivity index (χ2v) is 7.65. The van der Waals surface area contributed by atoms with Crippen molar-refractivity contribution in [2.75, 3.05) is 20.3 Å². The predicted molar refractivity (Wildman–Crippen MR) is 92.2 cm³/mol.